The molecule has 2 atom stereocenters. The van der Waals surface area contributed by atoms with Gasteiger partial charge >= 0.3 is 0 Å². The number of H-pyrrole nitrogens is 1. The largest absolute Gasteiger partial charge is 0.341 e. The number of aromatic amines is 1. The number of aromatic nitrogens is 2. The van der Waals surface area contributed by atoms with Crippen LogP contribution in [0.4, 0.5) is 4.39 Å². The Morgan fingerprint density at radius 2 is 1.81 bits per heavy atom. The zero-order valence-corrected chi connectivity index (χ0v) is 24.0. The minimum absolute atomic E-state index is 0.0176. The number of carbonyl (C=O) groups excluding carboxylic acids is 1. The molecule has 3 aromatic carbocycles. The van der Waals surface area contributed by atoms with Crippen molar-refractivity contribution >= 4 is 43.5 Å². The molecule has 220 valence electrons. The Bertz CT molecular complexity index is 1720. The van der Waals surface area contributed by atoms with E-state index in [-0.39, 0.29) is 31.7 Å². The van der Waals surface area contributed by atoms with Crippen LogP contribution < -0.4 is 9.44 Å². The van der Waals surface area contributed by atoms with Crippen LogP contribution in [0.5, 0.6) is 0 Å². The second-order valence-corrected chi connectivity index (χ2v) is 14.1. The topological polar surface area (TPSA) is 148 Å². The molecule has 2 unspecified atom stereocenters. The number of hydrogen-bond donors (Lipinski definition) is 5. The Morgan fingerprint density at radius 3 is 2.45 bits per heavy atom. The number of nitrogens with one attached hydrogen (secondary N) is 3. The van der Waals surface area contributed by atoms with E-state index in [0.717, 1.165) is 22.2 Å². The highest BCUT2D eigenvalue weighted by Gasteiger charge is 2.38. The molecule has 0 spiro atoms. The van der Waals surface area contributed by atoms with E-state index in [2.05, 4.69) is 19.4 Å². The summed E-state index contributed by atoms with van der Waals surface area (Å²) in [7, 11) is -7.21. The first-order valence-electron chi connectivity index (χ1n) is 13.4. The maximum absolute atomic E-state index is 13.6. The number of hydrogen-bond acceptors (Lipinski definition) is 6. The fourth-order valence-corrected chi connectivity index (χ4v) is 8.14. The Hall–Kier alpha value is -3.59. The fraction of sp³-hybridized carbons (Fsp3) is 0.241. The number of imidazole rings is 1. The highest BCUT2D eigenvalue weighted by atomic mass is 32.3. The number of carbonyl (C=O) groups is 1. The minimum Gasteiger partial charge on any atom is -0.341 e. The van der Waals surface area contributed by atoms with Gasteiger partial charge in [0.25, 0.3) is 10.2 Å². The third kappa shape index (κ3) is 5.98. The van der Waals surface area contributed by atoms with Crippen LogP contribution in [-0.2, 0) is 21.4 Å². The number of nitrogens with zero attached hydrogens (tertiary/aromatic N) is 2. The summed E-state index contributed by atoms with van der Waals surface area (Å²) in [5.41, 5.74) is 4.71. The van der Waals surface area contributed by atoms with Gasteiger partial charge in [-0.1, -0.05) is 54.6 Å². The summed E-state index contributed by atoms with van der Waals surface area (Å²) in [5.74, 6) is -0.277. The van der Waals surface area contributed by atoms with Gasteiger partial charge in [-0.3, -0.25) is 18.6 Å². The summed E-state index contributed by atoms with van der Waals surface area (Å²) < 4.78 is 67.5. The van der Waals surface area contributed by atoms with Gasteiger partial charge in [0.15, 0.2) is 0 Å². The van der Waals surface area contributed by atoms with E-state index in [9.17, 15) is 26.7 Å². The van der Waals surface area contributed by atoms with Gasteiger partial charge in [-0.05, 0) is 59.4 Å². The predicted molar refractivity (Wildman–Crippen MR) is 160 cm³/mol. The van der Waals surface area contributed by atoms with Crippen LogP contribution in [0.15, 0.2) is 78.9 Å². The van der Waals surface area contributed by atoms with Gasteiger partial charge in [-0.2, -0.15) is 17.4 Å². The van der Waals surface area contributed by atoms with Crippen molar-refractivity contribution in [3.05, 3.63) is 107 Å². The number of fused-ring (bicyclic) bond motifs is 1. The standard InChI is InChI=1S/C29H30FN5O5S2/c30-23-11-9-20(10-12-23)21-13-15-35(16-14-21)42(39,40)33-26(29-31-24-3-1-2-4-25(24)32-29)17-19-5-7-22(8-6-19)27-18-28(36)34-41(27,37)38/h1-13,26-27,33,37-38H,14-18H2,(H,31,32)(H,34,36). The minimum atomic E-state index is -3.93. The maximum atomic E-state index is 13.6. The molecule has 4 aromatic rings. The Morgan fingerprint density at radius 1 is 1.07 bits per heavy atom. The molecule has 3 heterocycles. The van der Waals surface area contributed by atoms with Crippen molar-refractivity contribution in [2.75, 3.05) is 13.1 Å². The molecule has 5 N–H and O–H groups in total. The van der Waals surface area contributed by atoms with Gasteiger partial charge < -0.3 is 4.98 Å². The molecular weight excluding hydrogens is 581 g/mol. The van der Waals surface area contributed by atoms with E-state index in [0.29, 0.717) is 23.3 Å². The van der Waals surface area contributed by atoms with Gasteiger partial charge in [0.1, 0.15) is 16.9 Å². The number of halogens is 1. The van der Waals surface area contributed by atoms with Crippen LogP contribution in [-0.4, -0.2) is 50.8 Å². The summed E-state index contributed by atoms with van der Waals surface area (Å²) in [6.07, 6.45) is 2.58. The lowest BCUT2D eigenvalue weighted by Gasteiger charge is -2.33. The smallest absolute Gasteiger partial charge is 0.280 e. The molecular formula is C29H30FN5O5S2. The van der Waals surface area contributed by atoms with E-state index in [1.54, 1.807) is 36.4 Å². The average Bonchev–Trinajstić information content (AvgIpc) is 3.52. The second kappa shape index (κ2) is 11.2. The summed E-state index contributed by atoms with van der Waals surface area (Å²) >= 11 is 0. The van der Waals surface area contributed by atoms with Crippen molar-refractivity contribution in [2.24, 2.45) is 0 Å². The number of para-hydroxylation sites is 2. The molecule has 42 heavy (non-hydrogen) atoms. The molecule has 0 aliphatic carbocycles. The Labute approximate surface area is 244 Å². The van der Waals surface area contributed by atoms with E-state index >= 15 is 0 Å². The van der Waals surface area contributed by atoms with Gasteiger partial charge in [0.05, 0.1) is 23.5 Å². The van der Waals surface area contributed by atoms with Crippen molar-refractivity contribution in [1.29, 1.82) is 0 Å². The summed E-state index contributed by atoms with van der Waals surface area (Å²) in [6.45, 7) is 0.435. The van der Waals surface area contributed by atoms with Crippen LogP contribution in [0.25, 0.3) is 16.6 Å². The van der Waals surface area contributed by atoms with Crippen LogP contribution in [0.1, 0.15) is 46.6 Å². The van der Waals surface area contributed by atoms with Crippen LogP contribution in [0.3, 0.4) is 0 Å². The monoisotopic (exact) mass is 611 g/mol. The normalized spacial score (nSPS) is 20.7. The lowest BCUT2D eigenvalue weighted by atomic mass is 10.0. The number of rotatable bonds is 8. The highest BCUT2D eigenvalue weighted by molar-refractivity contribution is 8.23. The molecule has 0 saturated carbocycles. The quantitative estimate of drug-likeness (QED) is 0.193. The van der Waals surface area contributed by atoms with E-state index in [4.69, 9.17) is 0 Å². The Balaban J connectivity index is 1.23. The molecule has 1 amide bonds. The number of amides is 1. The first-order chi connectivity index (χ1) is 20.1. The van der Waals surface area contributed by atoms with E-state index in [1.165, 1.54) is 16.4 Å². The Kier molecular flexibility index (Phi) is 7.64. The summed E-state index contributed by atoms with van der Waals surface area (Å²) in [4.78, 5) is 19.6. The van der Waals surface area contributed by atoms with Gasteiger partial charge in [0, 0.05) is 13.1 Å². The lowest BCUT2D eigenvalue weighted by Crippen LogP contribution is -2.44. The first kappa shape index (κ1) is 28.5. The van der Waals surface area contributed by atoms with Crippen molar-refractivity contribution in [3.63, 3.8) is 0 Å². The first-order valence-corrected chi connectivity index (χ1v) is 16.5. The van der Waals surface area contributed by atoms with Gasteiger partial charge in [0.2, 0.25) is 5.91 Å². The van der Waals surface area contributed by atoms with Gasteiger partial charge in [-0.25, -0.2) is 9.37 Å². The van der Waals surface area contributed by atoms with Crippen LogP contribution in [0, 0.1) is 5.82 Å². The molecule has 0 bridgehead atoms. The number of benzene rings is 3. The SMILES string of the molecule is O=C1CC(c2ccc(CC(NS(=O)(=O)N3CC=C(c4ccc(F)cc4)CC3)c3nc4ccccc4[nH]3)cc2)S(O)(O)N1. The van der Waals surface area contributed by atoms with E-state index in [1.807, 2.05) is 30.3 Å². The van der Waals surface area contributed by atoms with Crippen molar-refractivity contribution in [2.45, 2.75) is 30.6 Å². The highest BCUT2D eigenvalue weighted by Crippen LogP contribution is 2.56. The molecule has 0 radical (unpaired) electrons. The summed E-state index contributed by atoms with van der Waals surface area (Å²) in [5, 5.41) is -0.740. The molecule has 10 nitrogen and oxygen atoms in total. The molecule has 6 rings (SSSR count). The molecule has 2 aliphatic rings. The molecule has 13 heteroatoms. The van der Waals surface area contributed by atoms with Crippen LogP contribution >= 0.6 is 10.8 Å². The third-order valence-corrected chi connectivity index (χ3v) is 10.9. The maximum Gasteiger partial charge on any atom is 0.280 e. The molecule has 2 aliphatic heterocycles. The zero-order valence-electron chi connectivity index (χ0n) is 22.4. The van der Waals surface area contributed by atoms with E-state index < -0.39 is 38.2 Å². The second-order valence-electron chi connectivity index (χ2n) is 10.4. The average molecular weight is 612 g/mol. The van der Waals surface area contributed by atoms with Crippen molar-refractivity contribution < 1.29 is 26.7 Å². The van der Waals surface area contributed by atoms with Crippen LogP contribution in [0.2, 0.25) is 0 Å². The fourth-order valence-electron chi connectivity index (χ4n) is 5.36. The summed E-state index contributed by atoms with van der Waals surface area (Å²) in [6, 6.07) is 19.9. The lowest BCUT2D eigenvalue weighted by molar-refractivity contribution is -0.118. The molecule has 1 aromatic heterocycles. The molecule has 1 fully saturated rings. The van der Waals surface area contributed by atoms with Gasteiger partial charge in [-0.15, -0.1) is 10.8 Å². The molecule has 1 saturated heterocycles. The zero-order chi connectivity index (χ0) is 29.5. The third-order valence-electron chi connectivity index (χ3n) is 7.58. The van der Waals surface area contributed by atoms with Crippen molar-refractivity contribution in [1.82, 2.24) is 23.7 Å². The predicted octanol–water partition coefficient (Wildman–Crippen LogP) is 4.84. The van der Waals surface area contributed by atoms with Crippen molar-refractivity contribution in [3.8, 4) is 0 Å².